The van der Waals surface area contributed by atoms with E-state index in [-0.39, 0.29) is 0 Å². The summed E-state index contributed by atoms with van der Waals surface area (Å²) in [6.07, 6.45) is 1.05. The van der Waals surface area contributed by atoms with Gasteiger partial charge < -0.3 is 10.4 Å². The summed E-state index contributed by atoms with van der Waals surface area (Å²) < 4.78 is 0. The van der Waals surface area contributed by atoms with E-state index >= 15 is 0 Å². The highest BCUT2D eigenvalue weighted by atomic mass is 16.3. The topological polar surface area (TPSA) is 32.3 Å². The Bertz CT molecular complexity index is 578. The molecule has 1 atom stereocenters. The van der Waals surface area contributed by atoms with Gasteiger partial charge >= 0.3 is 0 Å². The predicted molar refractivity (Wildman–Crippen MR) is 88.6 cm³/mol. The van der Waals surface area contributed by atoms with E-state index in [1.807, 2.05) is 13.8 Å². The first-order valence-corrected chi connectivity index (χ1v) is 7.60. The molecule has 2 rings (SSSR count). The van der Waals surface area contributed by atoms with Crippen LogP contribution in [0.1, 0.15) is 47.2 Å². The van der Waals surface area contributed by atoms with Crippen LogP contribution in [0.2, 0.25) is 0 Å². The van der Waals surface area contributed by atoms with E-state index in [1.165, 1.54) is 16.7 Å². The summed E-state index contributed by atoms with van der Waals surface area (Å²) in [5.41, 5.74) is 5.72. The first-order chi connectivity index (χ1) is 10.0. The number of phenolic OH excluding ortho intramolecular Hbond substituents is 1. The van der Waals surface area contributed by atoms with Crippen molar-refractivity contribution in [3.63, 3.8) is 0 Å². The average molecular weight is 283 g/mol. The lowest BCUT2D eigenvalue weighted by Gasteiger charge is -2.18. The molecule has 1 unspecified atom stereocenters. The van der Waals surface area contributed by atoms with Gasteiger partial charge in [-0.2, -0.15) is 0 Å². The normalized spacial score (nSPS) is 12.4. The van der Waals surface area contributed by atoms with Crippen molar-refractivity contribution in [1.29, 1.82) is 0 Å². The molecular weight excluding hydrogens is 258 g/mol. The minimum atomic E-state index is 0.361. The summed E-state index contributed by atoms with van der Waals surface area (Å²) in [5.74, 6) is 0.407. The summed E-state index contributed by atoms with van der Waals surface area (Å²) in [6, 6.07) is 13.2. The third-order valence-electron chi connectivity index (χ3n) is 3.99. The second-order valence-corrected chi connectivity index (χ2v) is 5.83. The van der Waals surface area contributed by atoms with Gasteiger partial charge in [0.15, 0.2) is 0 Å². The Balaban J connectivity index is 2.08. The van der Waals surface area contributed by atoms with Gasteiger partial charge in [0.05, 0.1) is 0 Å². The van der Waals surface area contributed by atoms with Gasteiger partial charge in [0.2, 0.25) is 0 Å². The molecule has 21 heavy (non-hydrogen) atoms. The van der Waals surface area contributed by atoms with E-state index in [4.69, 9.17) is 0 Å². The van der Waals surface area contributed by atoms with Crippen LogP contribution in [0.25, 0.3) is 0 Å². The van der Waals surface area contributed by atoms with Crippen LogP contribution in [0.15, 0.2) is 36.4 Å². The Morgan fingerprint density at radius 3 is 2.10 bits per heavy atom. The van der Waals surface area contributed by atoms with Crippen LogP contribution in [-0.2, 0) is 6.54 Å². The van der Waals surface area contributed by atoms with Gasteiger partial charge in [0.25, 0.3) is 0 Å². The molecule has 2 N–H and O–H groups in total. The quantitative estimate of drug-likeness (QED) is 0.843. The van der Waals surface area contributed by atoms with Crippen LogP contribution in [-0.4, -0.2) is 5.11 Å². The van der Waals surface area contributed by atoms with E-state index in [9.17, 15) is 5.11 Å². The molecule has 0 bridgehead atoms. The molecular formula is C19H25NO. The van der Waals surface area contributed by atoms with Crippen molar-refractivity contribution in [3.8, 4) is 5.75 Å². The largest absolute Gasteiger partial charge is 0.507 e. The van der Waals surface area contributed by atoms with Crippen LogP contribution >= 0.6 is 0 Å². The molecule has 0 amide bonds. The van der Waals surface area contributed by atoms with Gasteiger partial charge in [-0.25, -0.2) is 0 Å². The Morgan fingerprint density at radius 2 is 1.57 bits per heavy atom. The maximum atomic E-state index is 9.84. The average Bonchev–Trinajstić information content (AvgIpc) is 2.47. The monoisotopic (exact) mass is 283 g/mol. The second-order valence-electron chi connectivity index (χ2n) is 5.83. The highest BCUT2D eigenvalue weighted by Crippen LogP contribution is 2.24. The first-order valence-electron chi connectivity index (χ1n) is 7.60. The summed E-state index contributed by atoms with van der Waals surface area (Å²) in [7, 11) is 0. The molecule has 2 heteroatoms. The third kappa shape index (κ3) is 3.85. The van der Waals surface area contributed by atoms with Crippen molar-refractivity contribution >= 4 is 0 Å². The van der Waals surface area contributed by atoms with Gasteiger partial charge in [0, 0.05) is 12.6 Å². The molecule has 0 aliphatic rings. The molecule has 0 heterocycles. The number of hydrogen-bond acceptors (Lipinski definition) is 2. The fourth-order valence-electron chi connectivity index (χ4n) is 2.69. The van der Waals surface area contributed by atoms with Crippen molar-refractivity contribution in [1.82, 2.24) is 5.32 Å². The molecule has 2 aromatic rings. The Hall–Kier alpha value is -1.80. The van der Waals surface area contributed by atoms with E-state index in [0.29, 0.717) is 11.8 Å². The van der Waals surface area contributed by atoms with E-state index < -0.39 is 0 Å². The number of phenols is 1. The minimum Gasteiger partial charge on any atom is -0.507 e. The molecule has 0 spiro atoms. The summed E-state index contributed by atoms with van der Waals surface area (Å²) in [4.78, 5) is 0. The van der Waals surface area contributed by atoms with E-state index in [1.54, 1.807) is 0 Å². The maximum absolute atomic E-state index is 9.84. The second kappa shape index (κ2) is 6.77. The number of rotatable bonds is 5. The molecule has 0 aromatic heterocycles. The lowest BCUT2D eigenvalue weighted by Crippen LogP contribution is -2.20. The predicted octanol–water partition coefficient (Wildman–Crippen LogP) is 4.56. The number of aromatic hydroxyl groups is 1. The molecule has 0 radical (unpaired) electrons. The molecule has 0 saturated heterocycles. The lowest BCUT2D eigenvalue weighted by molar-refractivity contribution is 0.465. The fraction of sp³-hybridized carbons (Fsp3) is 0.368. The fourth-order valence-corrected chi connectivity index (χ4v) is 2.69. The molecule has 0 saturated carbocycles. The van der Waals surface area contributed by atoms with Gasteiger partial charge in [-0.05, 0) is 49.4 Å². The van der Waals surface area contributed by atoms with Gasteiger partial charge in [0.1, 0.15) is 5.75 Å². The zero-order valence-corrected chi connectivity index (χ0v) is 13.4. The smallest absolute Gasteiger partial charge is 0.121 e. The highest BCUT2D eigenvalue weighted by Gasteiger charge is 2.09. The van der Waals surface area contributed by atoms with Crippen molar-refractivity contribution in [2.75, 3.05) is 0 Å². The van der Waals surface area contributed by atoms with Gasteiger partial charge in [-0.3, -0.25) is 0 Å². The summed E-state index contributed by atoms with van der Waals surface area (Å²) in [5, 5.41) is 13.5. The Kier molecular flexibility index (Phi) is 5.03. The van der Waals surface area contributed by atoms with E-state index in [0.717, 1.165) is 24.1 Å². The number of aryl methyl sites for hydroxylation is 3. The molecule has 0 aliphatic carbocycles. The lowest BCUT2D eigenvalue weighted by atomic mass is 10.0. The Morgan fingerprint density at radius 1 is 1.00 bits per heavy atom. The van der Waals surface area contributed by atoms with Crippen LogP contribution in [0.4, 0.5) is 0 Å². The Labute approximate surface area is 127 Å². The van der Waals surface area contributed by atoms with Crippen LogP contribution in [0.3, 0.4) is 0 Å². The number of hydrogen-bond donors (Lipinski definition) is 2. The van der Waals surface area contributed by atoms with Crippen LogP contribution in [0.5, 0.6) is 5.75 Å². The summed E-state index contributed by atoms with van der Waals surface area (Å²) in [6.45, 7) is 9.02. The van der Waals surface area contributed by atoms with Crippen LogP contribution in [0, 0.1) is 20.8 Å². The van der Waals surface area contributed by atoms with Crippen molar-refractivity contribution in [3.05, 3.63) is 64.2 Å². The third-order valence-corrected chi connectivity index (χ3v) is 3.99. The highest BCUT2D eigenvalue weighted by molar-refractivity contribution is 5.42. The zero-order chi connectivity index (χ0) is 15.4. The summed E-state index contributed by atoms with van der Waals surface area (Å²) >= 11 is 0. The standard InChI is InChI=1S/C19H25NO/c1-5-18(17-8-6-13(2)7-9-17)20-12-16-10-14(3)19(21)15(4)11-16/h6-11,18,20-21H,5,12H2,1-4H3. The van der Waals surface area contributed by atoms with E-state index in [2.05, 4.69) is 55.6 Å². The SMILES string of the molecule is CCC(NCc1cc(C)c(O)c(C)c1)c1ccc(C)cc1. The molecule has 112 valence electrons. The van der Waals surface area contributed by atoms with Crippen LogP contribution < -0.4 is 5.32 Å². The molecule has 0 fully saturated rings. The molecule has 2 aromatic carbocycles. The molecule has 0 aliphatic heterocycles. The van der Waals surface area contributed by atoms with Gasteiger partial charge in [-0.15, -0.1) is 0 Å². The van der Waals surface area contributed by atoms with Gasteiger partial charge in [-0.1, -0.05) is 48.9 Å². The minimum absolute atomic E-state index is 0.361. The zero-order valence-electron chi connectivity index (χ0n) is 13.4. The number of nitrogens with one attached hydrogen (secondary N) is 1. The maximum Gasteiger partial charge on any atom is 0.121 e. The van der Waals surface area contributed by atoms with Crippen molar-refractivity contribution < 1.29 is 5.11 Å². The first kappa shape index (κ1) is 15.6. The number of benzene rings is 2. The molecule has 2 nitrogen and oxygen atoms in total. The van der Waals surface area contributed by atoms with Crippen molar-refractivity contribution in [2.45, 2.75) is 46.7 Å². The van der Waals surface area contributed by atoms with Crippen molar-refractivity contribution in [2.24, 2.45) is 0 Å².